The minimum atomic E-state index is -0.685. The van der Waals surface area contributed by atoms with E-state index in [1.165, 1.54) is 36.9 Å². The zero-order valence-corrected chi connectivity index (χ0v) is 26.3. The highest BCUT2D eigenvalue weighted by molar-refractivity contribution is 5.91. The standard InChI is InChI=1S/C37H33FN6O4/c1-48-33-10-9-26(17-32(33)45)30-20-41-36(29(19-40)35(30)27-7-8-28(18-39)31(38)16-27)44-14-12-37(13-15-44)22-43(23-37)21-25-4-2-24(3-5-25)6-11-34(46)42-47/h2-11,16-17,20,45,47H,12-15,21-23H2,1H3,(H,42,46)/b11-6+. The van der Waals surface area contributed by atoms with Crippen LogP contribution < -0.4 is 15.1 Å². The molecular weight excluding hydrogens is 611 g/mol. The van der Waals surface area contributed by atoms with Gasteiger partial charge in [0, 0.05) is 56.1 Å². The quantitative estimate of drug-likeness (QED) is 0.126. The summed E-state index contributed by atoms with van der Waals surface area (Å²) >= 11 is 0. The number of amides is 1. The number of ether oxygens (including phenoxy) is 1. The predicted octanol–water partition coefficient (Wildman–Crippen LogP) is 5.63. The van der Waals surface area contributed by atoms with E-state index in [0.29, 0.717) is 52.5 Å². The second-order valence-electron chi connectivity index (χ2n) is 12.2. The Bertz CT molecular complexity index is 1970. The third-order valence-electron chi connectivity index (χ3n) is 9.20. The van der Waals surface area contributed by atoms with Crippen molar-refractivity contribution < 1.29 is 24.2 Å². The fourth-order valence-electron chi connectivity index (χ4n) is 6.71. The fourth-order valence-corrected chi connectivity index (χ4v) is 6.71. The van der Waals surface area contributed by atoms with Gasteiger partial charge in [-0.2, -0.15) is 10.5 Å². The summed E-state index contributed by atoms with van der Waals surface area (Å²) in [6.07, 6.45) is 6.42. The van der Waals surface area contributed by atoms with Gasteiger partial charge in [0.05, 0.1) is 12.7 Å². The van der Waals surface area contributed by atoms with E-state index in [2.05, 4.69) is 15.9 Å². The van der Waals surface area contributed by atoms with Crippen molar-refractivity contribution in [2.45, 2.75) is 19.4 Å². The van der Waals surface area contributed by atoms with Crippen LogP contribution in [0.4, 0.5) is 10.2 Å². The van der Waals surface area contributed by atoms with Crippen LogP contribution in [0.5, 0.6) is 11.5 Å². The molecule has 10 nitrogen and oxygen atoms in total. The maximum Gasteiger partial charge on any atom is 0.267 e. The summed E-state index contributed by atoms with van der Waals surface area (Å²) in [5.74, 6) is -0.525. The maximum atomic E-state index is 14.9. The van der Waals surface area contributed by atoms with Crippen molar-refractivity contribution in [2.75, 3.05) is 38.2 Å². The highest BCUT2D eigenvalue weighted by Gasteiger charge is 2.45. The molecule has 0 unspecified atom stereocenters. The second kappa shape index (κ2) is 13.5. The van der Waals surface area contributed by atoms with Crippen molar-refractivity contribution in [2.24, 2.45) is 5.41 Å². The lowest BCUT2D eigenvalue weighted by Gasteiger charge is -2.54. The molecule has 0 saturated carbocycles. The van der Waals surface area contributed by atoms with Crippen molar-refractivity contribution in [3.8, 4) is 45.9 Å². The average molecular weight is 645 g/mol. The number of piperidine rings is 1. The highest BCUT2D eigenvalue weighted by Crippen LogP contribution is 2.45. The van der Waals surface area contributed by atoms with E-state index < -0.39 is 11.7 Å². The van der Waals surface area contributed by atoms with Crippen LogP contribution in [0.2, 0.25) is 0 Å². The molecule has 4 aromatic rings. The molecule has 2 aliphatic rings. The lowest BCUT2D eigenvalue weighted by Crippen LogP contribution is -2.59. The van der Waals surface area contributed by atoms with Crippen LogP contribution in [-0.4, -0.2) is 59.4 Å². The molecule has 3 aromatic carbocycles. The number of anilines is 1. The van der Waals surface area contributed by atoms with Crippen molar-refractivity contribution in [1.82, 2.24) is 15.4 Å². The molecular formula is C37H33FN6O4. The van der Waals surface area contributed by atoms with Crippen molar-refractivity contribution in [3.05, 3.63) is 101 Å². The lowest BCUT2D eigenvalue weighted by atomic mass is 9.72. The first-order valence-electron chi connectivity index (χ1n) is 15.5. The highest BCUT2D eigenvalue weighted by atomic mass is 19.1. The molecule has 11 heteroatoms. The van der Waals surface area contributed by atoms with Gasteiger partial charge in [0.2, 0.25) is 0 Å². The summed E-state index contributed by atoms with van der Waals surface area (Å²) in [6.45, 7) is 4.17. The smallest absolute Gasteiger partial charge is 0.267 e. The number of pyridine rings is 1. The topological polar surface area (TPSA) is 146 Å². The van der Waals surface area contributed by atoms with Crippen LogP contribution >= 0.6 is 0 Å². The van der Waals surface area contributed by atoms with E-state index in [-0.39, 0.29) is 16.7 Å². The lowest BCUT2D eigenvalue weighted by molar-refractivity contribution is -0.124. The molecule has 1 amide bonds. The monoisotopic (exact) mass is 644 g/mol. The van der Waals surface area contributed by atoms with Gasteiger partial charge in [0.15, 0.2) is 11.5 Å². The first-order chi connectivity index (χ1) is 23.3. The maximum absolute atomic E-state index is 14.9. The van der Waals surface area contributed by atoms with Crippen LogP contribution in [0.1, 0.15) is 35.1 Å². The molecule has 6 rings (SSSR count). The minimum absolute atomic E-state index is 0.0794. The molecule has 3 N–H and O–H groups in total. The molecule has 1 spiro atoms. The number of nitrogens with zero attached hydrogens (tertiary/aromatic N) is 5. The van der Waals surface area contributed by atoms with E-state index in [0.717, 1.165) is 38.0 Å². The third kappa shape index (κ3) is 6.42. The molecule has 2 saturated heterocycles. The number of methoxy groups -OCH3 is 1. The molecule has 242 valence electrons. The Hall–Kier alpha value is -5.75. The molecule has 0 aliphatic carbocycles. The molecule has 0 radical (unpaired) electrons. The van der Waals surface area contributed by atoms with Crippen molar-refractivity contribution in [3.63, 3.8) is 0 Å². The molecule has 2 aliphatic heterocycles. The van der Waals surface area contributed by atoms with Gasteiger partial charge in [-0.3, -0.25) is 14.9 Å². The Labute approximate surface area is 277 Å². The van der Waals surface area contributed by atoms with E-state index in [1.807, 2.05) is 30.3 Å². The van der Waals surface area contributed by atoms with Crippen molar-refractivity contribution >= 4 is 17.8 Å². The predicted molar refractivity (Wildman–Crippen MR) is 177 cm³/mol. The normalized spacial score (nSPS) is 15.5. The molecule has 0 bridgehead atoms. The van der Waals surface area contributed by atoms with Gasteiger partial charge in [0.25, 0.3) is 5.91 Å². The zero-order valence-electron chi connectivity index (χ0n) is 26.3. The molecule has 3 heterocycles. The number of phenols is 1. The van der Waals surface area contributed by atoms with Gasteiger partial charge in [-0.05, 0) is 70.9 Å². The van der Waals surface area contributed by atoms with E-state index in [9.17, 15) is 24.8 Å². The molecule has 2 fully saturated rings. The number of phenolic OH excluding ortho intramolecular Hbond substituents is 1. The molecule has 0 atom stereocenters. The number of rotatable bonds is 8. The van der Waals surface area contributed by atoms with Gasteiger partial charge in [-0.25, -0.2) is 14.9 Å². The number of aromatic nitrogens is 1. The van der Waals surface area contributed by atoms with Crippen LogP contribution in [0, 0.1) is 33.9 Å². The van der Waals surface area contributed by atoms with Gasteiger partial charge >= 0.3 is 0 Å². The first-order valence-corrected chi connectivity index (χ1v) is 15.5. The Balaban J connectivity index is 1.20. The number of hydrogen-bond donors (Lipinski definition) is 3. The summed E-state index contributed by atoms with van der Waals surface area (Å²) in [6, 6.07) is 21.3. The van der Waals surface area contributed by atoms with Crippen LogP contribution in [0.15, 0.2) is 72.9 Å². The number of nitrogens with one attached hydrogen (secondary N) is 1. The van der Waals surface area contributed by atoms with Gasteiger partial charge < -0.3 is 14.7 Å². The fraction of sp³-hybridized carbons (Fsp3) is 0.243. The van der Waals surface area contributed by atoms with E-state index in [1.54, 1.807) is 36.0 Å². The van der Waals surface area contributed by atoms with Crippen LogP contribution in [0.3, 0.4) is 0 Å². The Morgan fingerprint density at radius 3 is 2.42 bits per heavy atom. The number of hydroxylamine groups is 1. The number of aromatic hydroxyl groups is 1. The summed E-state index contributed by atoms with van der Waals surface area (Å²) in [5, 5.41) is 39.0. The second-order valence-corrected chi connectivity index (χ2v) is 12.2. The Morgan fingerprint density at radius 1 is 1.06 bits per heavy atom. The van der Waals surface area contributed by atoms with E-state index >= 15 is 0 Å². The summed E-state index contributed by atoms with van der Waals surface area (Å²) in [4.78, 5) is 20.5. The molecule has 1 aromatic heterocycles. The Morgan fingerprint density at radius 2 is 1.79 bits per heavy atom. The summed E-state index contributed by atoms with van der Waals surface area (Å²) in [7, 11) is 1.46. The third-order valence-corrected chi connectivity index (χ3v) is 9.20. The van der Waals surface area contributed by atoms with Gasteiger partial charge in [-0.1, -0.05) is 36.4 Å². The number of carbonyl (C=O) groups excluding carboxylic acids is 1. The number of hydrogen-bond acceptors (Lipinski definition) is 9. The number of benzene rings is 3. The number of carbonyl (C=O) groups is 1. The first kappa shape index (κ1) is 32.2. The van der Waals surface area contributed by atoms with E-state index in [4.69, 9.17) is 14.9 Å². The van der Waals surface area contributed by atoms with Crippen LogP contribution in [-0.2, 0) is 11.3 Å². The van der Waals surface area contributed by atoms with Crippen molar-refractivity contribution in [1.29, 1.82) is 10.5 Å². The Kier molecular flexibility index (Phi) is 9.08. The zero-order chi connectivity index (χ0) is 33.8. The summed E-state index contributed by atoms with van der Waals surface area (Å²) < 4.78 is 20.1. The minimum Gasteiger partial charge on any atom is -0.504 e. The average Bonchev–Trinajstić information content (AvgIpc) is 3.10. The van der Waals surface area contributed by atoms with Gasteiger partial charge in [-0.15, -0.1) is 0 Å². The van der Waals surface area contributed by atoms with Crippen LogP contribution in [0.25, 0.3) is 28.3 Å². The summed E-state index contributed by atoms with van der Waals surface area (Å²) in [5.41, 5.74) is 6.03. The SMILES string of the molecule is COc1ccc(-c2cnc(N3CCC4(CC3)CN(Cc3ccc(/C=C/C(=O)NO)cc3)C4)c(C#N)c2-c2ccc(C#N)c(F)c2)cc1O. The van der Waals surface area contributed by atoms with Gasteiger partial charge in [0.1, 0.15) is 29.3 Å². The number of likely N-dealkylation sites (tertiary alicyclic amines) is 1. The number of nitriles is 2. The number of halogens is 1. The molecule has 48 heavy (non-hydrogen) atoms. The largest absolute Gasteiger partial charge is 0.504 e.